The van der Waals surface area contributed by atoms with Crippen molar-refractivity contribution in [2.75, 3.05) is 11.9 Å². The number of anilines is 1. The molecule has 0 saturated carbocycles. The minimum atomic E-state index is -0.618. The largest absolute Gasteiger partial charge is 0.462 e. The highest BCUT2D eigenvalue weighted by atomic mass is 32.1. The number of hydrogen-bond donors (Lipinski definition) is 1. The van der Waals surface area contributed by atoms with Crippen LogP contribution in [0, 0.1) is 17.0 Å². The lowest BCUT2D eigenvalue weighted by Gasteiger charge is -2.08. The molecule has 0 fully saturated rings. The van der Waals surface area contributed by atoms with Crippen molar-refractivity contribution in [2.45, 2.75) is 20.4 Å². The Kier molecular flexibility index (Phi) is 6.61. The Morgan fingerprint density at radius 3 is 2.58 bits per heavy atom. The summed E-state index contributed by atoms with van der Waals surface area (Å²) < 4.78 is 6.03. The molecule has 2 aromatic heterocycles. The first-order valence-corrected chi connectivity index (χ1v) is 10.1. The number of thiophene rings is 1. The maximum Gasteiger partial charge on any atom is 0.341 e. The van der Waals surface area contributed by atoms with Crippen LogP contribution in [0.15, 0.2) is 53.5 Å². The van der Waals surface area contributed by atoms with E-state index in [1.54, 1.807) is 13.0 Å². The third kappa shape index (κ3) is 5.04. The molecule has 10 heteroatoms. The first kappa shape index (κ1) is 21.9. The fourth-order valence-corrected chi connectivity index (χ4v) is 3.95. The van der Waals surface area contributed by atoms with Crippen LogP contribution in [0.25, 0.3) is 10.4 Å². The van der Waals surface area contributed by atoms with Crippen molar-refractivity contribution in [3.63, 3.8) is 0 Å². The van der Waals surface area contributed by atoms with E-state index in [0.717, 1.165) is 27.3 Å². The Hall–Kier alpha value is -3.79. The van der Waals surface area contributed by atoms with Crippen molar-refractivity contribution in [1.29, 1.82) is 0 Å². The van der Waals surface area contributed by atoms with E-state index in [9.17, 15) is 24.5 Å². The number of carbonyl (C=O) groups is 2. The van der Waals surface area contributed by atoms with Crippen LogP contribution in [-0.4, -0.2) is 28.0 Å². The molecule has 0 radical (unpaired) electrons. The zero-order valence-corrected chi connectivity index (χ0v) is 17.6. The number of benzene rings is 1. The summed E-state index contributed by atoms with van der Waals surface area (Å²) in [7, 11) is 0. The molecule has 1 amide bonds. The standard InChI is InChI=1S/C21H19N3O6S/c1-3-30-21(27)15-10-17(14-7-5-4-6-8-14)31-20(15)22-18(25)12-23-11-16(24(28)29)13(2)9-19(23)26/h4-11H,3,12H2,1-2H3,(H,22,25). The number of hydrogen-bond acceptors (Lipinski definition) is 7. The van der Waals surface area contributed by atoms with Crippen LogP contribution in [0.3, 0.4) is 0 Å². The van der Waals surface area contributed by atoms with Crippen LogP contribution in [0.5, 0.6) is 0 Å². The van der Waals surface area contributed by atoms with Crippen LogP contribution >= 0.6 is 11.3 Å². The Labute approximate surface area is 181 Å². The number of esters is 1. The minimum absolute atomic E-state index is 0.172. The molecule has 0 saturated heterocycles. The van der Waals surface area contributed by atoms with Gasteiger partial charge in [0.25, 0.3) is 11.2 Å². The average molecular weight is 441 g/mol. The van der Waals surface area contributed by atoms with E-state index in [4.69, 9.17) is 4.74 Å². The maximum atomic E-state index is 12.6. The van der Waals surface area contributed by atoms with Crippen LogP contribution in [0.1, 0.15) is 22.8 Å². The molecule has 1 N–H and O–H groups in total. The second-order valence-electron chi connectivity index (χ2n) is 6.55. The lowest BCUT2D eigenvalue weighted by Crippen LogP contribution is -2.27. The van der Waals surface area contributed by atoms with Gasteiger partial charge in [0.2, 0.25) is 5.91 Å². The van der Waals surface area contributed by atoms with Gasteiger partial charge in [0.05, 0.1) is 23.3 Å². The number of nitrogens with zero attached hydrogens (tertiary/aromatic N) is 2. The predicted molar refractivity (Wildman–Crippen MR) is 116 cm³/mol. The molecule has 1 aromatic carbocycles. The maximum absolute atomic E-state index is 12.6. The van der Waals surface area contributed by atoms with Crippen LogP contribution < -0.4 is 10.9 Å². The molecule has 160 valence electrons. The van der Waals surface area contributed by atoms with Crippen molar-refractivity contribution in [3.05, 3.63) is 80.3 Å². The fourth-order valence-electron chi connectivity index (χ4n) is 2.88. The van der Waals surface area contributed by atoms with Gasteiger partial charge < -0.3 is 10.1 Å². The highest BCUT2D eigenvalue weighted by Crippen LogP contribution is 2.36. The monoisotopic (exact) mass is 441 g/mol. The molecule has 9 nitrogen and oxygen atoms in total. The number of nitrogens with one attached hydrogen (secondary N) is 1. The normalized spacial score (nSPS) is 10.5. The molecule has 0 aliphatic heterocycles. The van der Waals surface area contributed by atoms with Gasteiger partial charge in [-0.3, -0.25) is 24.3 Å². The van der Waals surface area contributed by atoms with E-state index >= 15 is 0 Å². The topological polar surface area (TPSA) is 121 Å². The summed E-state index contributed by atoms with van der Waals surface area (Å²) in [6.07, 6.45) is 1.04. The third-order valence-electron chi connectivity index (χ3n) is 4.35. The van der Waals surface area contributed by atoms with Gasteiger partial charge in [0, 0.05) is 16.5 Å². The lowest BCUT2D eigenvalue weighted by atomic mass is 10.1. The summed E-state index contributed by atoms with van der Waals surface area (Å²) in [6.45, 7) is 2.86. The molecule has 3 aromatic rings. The van der Waals surface area contributed by atoms with Gasteiger partial charge in [-0.05, 0) is 25.5 Å². The molecule has 3 rings (SSSR count). The van der Waals surface area contributed by atoms with Gasteiger partial charge in [-0.2, -0.15) is 0 Å². The predicted octanol–water partition coefficient (Wildman–Crippen LogP) is 3.61. The zero-order valence-electron chi connectivity index (χ0n) is 16.8. The summed E-state index contributed by atoms with van der Waals surface area (Å²) in [6, 6.07) is 12.1. The van der Waals surface area contributed by atoms with Crippen LogP contribution in [0.4, 0.5) is 10.7 Å². The third-order valence-corrected chi connectivity index (χ3v) is 5.45. The number of ether oxygens (including phenoxy) is 1. The van der Waals surface area contributed by atoms with E-state index in [0.29, 0.717) is 0 Å². The molecular formula is C21H19N3O6S. The molecule has 31 heavy (non-hydrogen) atoms. The lowest BCUT2D eigenvalue weighted by molar-refractivity contribution is -0.385. The first-order chi connectivity index (χ1) is 14.8. The van der Waals surface area contributed by atoms with E-state index in [1.807, 2.05) is 30.3 Å². The van der Waals surface area contributed by atoms with E-state index < -0.39 is 28.9 Å². The van der Waals surface area contributed by atoms with Gasteiger partial charge in [0.1, 0.15) is 11.5 Å². The summed E-state index contributed by atoms with van der Waals surface area (Å²) in [5, 5.41) is 14.0. The quantitative estimate of drug-likeness (QED) is 0.340. The van der Waals surface area contributed by atoms with Crippen LogP contribution in [-0.2, 0) is 16.1 Å². The number of carbonyl (C=O) groups excluding carboxylic acids is 2. The van der Waals surface area contributed by atoms with Crippen molar-refractivity contribution in [3.8, 4) is 10.4 Å². The molecule has 0 spiro atoms. The summed E-state index contributed by atoms with van der Waals surface area (Å²) in [5.41, 5.74) is 0.467. The van der Waals surface area contributed by atoms with Crippen molar-refractivity contribution in [2.24, 2.45) is 0 Å². The van der Waals surface area contributed by atoms with E-state index in [-0.39, 0.29) is 28.4 Å². The summed E-state index contributed by atoms with van der Waals surface area (Å²) in [4.78, 5) is 48.4. The molecule has 0 bridgehead atoms. The second-order valence-corrected chi connectivity index (χ2v) is 7.61. The molecule has 2 heterocycles. The average Bonchev–Trinajstić information content (AvgIpc) is 3.14. The molecule has 0 atom stereocenters. The fraction of sp³-hybridized carbons (Fsp3) is 0.190. The van der Waals surface area contributed by atoms with Gasteiger partial charge in [0.15, 0.2) is 0 Å². The van der Waals surface area contributed by atoms with Crippen molar-refractivity contribution in [1.82, 2.24) is 4.57 Å². The molecule has 0 aliphatic carbocycles. The summed E-state index contributed by atoms with van der Waals surface area (Å²) >= 11 is 1.19. The highest BCUT2D eigenvalue weighted by molar-refractivity contribution is 7.20. The van der Waals surface area contributed by atoms with Gasteiger partial charge in [-0.15, -0.1) is 11.3 Å². The Morgan fingerprint density at radius 1 is 1.23 bits per heavy atom. The number of aromatic nitrogens is 1. The first-order valence-electron chi connectivity index (χ1n) is 9.31. The Morgan fingerprint density at radius 2 is 1.94 bits per heavy atom. The number of rotatable bonds is 7. The SMILES string of the molecule is CCOC(=O)c1cc(-c2ccccc2)sc1NC(=O)Cn1cc([N+](=O)[O-])c(C)cc1=O. The molecule has 0 aliphatic rings. The number of aryl methyl sites for hydroxylation is 1. The van der Waals surface area contributed by atoms with Gasteiger partial charge in [-0.1, -0.05) is 30.3 Å². The molecular weight excluding hydrogens is 422 g/mol. The van der Waals surface area contributed by atoms with Gasteiger partial charge >= 0.3 is 5.97 Å². The smallest absolute Gasteiger partial charge is 0.341 e. The van der Waals surface area contributed by atoms with Gasteiger partial charge in [-0.25, -0.2) is 4.79 Å². The Bertz CT molecular complexity index is 1200. The van der Waals surface area contributed by atoms with E-state index in [2.05, 4.69) is 5.32 Å². The Balaban J connectivity index is 1.89. The highest BCUT2D eigenvalue weighted by Gasteiger charge is 2.21. The molecule has 0 unspecified atom stereocenters. The van der Waals surface area contributed by atoms with Crippen molar-refractivity contribution < 1.29 is 19.2 Å². The number of amides is 1. The summed E-state index contributed by atoms with van der Waals surface area (Å²) in [5.74, 6) is -1.19. The number of nitro groups is 1. The second kappa shape index (κ2) is 9.35. The zero-order chi connectivity index (χ0) is 22.5. The number of pyridine rings is 1. The van der Waals surface area contributed by atoms with E-state index in [1.165, 1.54) is 18.3 Å². The van der Waals surface area contributed by atoms with Crippen LogP contribution in [0.2, 0.25) is 0 Å². The minimum Gasteiger partial charge on any atom is -0.462 e. The van der Waals surface area contributed by atoms with Crippen molar-refractivity contribution >= 4 is 33.9 Å².